The molecule has 0 bridgehead atoms. The lowest BCUT2D eigenvalue weighted by molar-refractivity contribution is 0.489. The Morgan fingerprint density at radius 3 is 2.93 bits per heavy atom. The molecule has 1 aromatic carbocycles. The lowest BCUT2D eigenvalue weighted by Gasteiger charge is -2.08. The van der Waals surface area contributed by atoms with Crippen LogP contribution in [0.15, 0.2) is 22.6 Å². The van der Waals surface area contributed by atoms with Gasteiger partial charge in [-0.25, -0.2) is 4.39 Å². The number of benzene rings is 1. The number of fused-ring (bicyclic) bond motifs is 3. The van der Waals surface area contributed by atoms with Crippen molar-refractivity contribution in [2.24, 2.45) is 0 Å². The number of hydrogen-bond donors (Lipinski definition) is 0. The van der Waals surface area contributed by atoms with Crippen molar-refractivity contribution >= 4 is 11.0 Å². The molecular formula is C12H11FO. The molecule has 0 atom stereocenters. The first kappa shape index (κ1) is 8.04. The number of rotatable bonds is 0. The zero-order valence-corrected chi connectivity index (χ0v) is 7.85. The Morgan fingerprint density at radius 1 is 1.14 bits per heavy atom. The van der Waals surface area contributed by atoms with E-state index in [0.717, 1.165) is 30.4 Å². The van der Waals surface area contributed by atoms with Crippen LogP contribution in [0.25, 0.3) is 11.0 Å². The lowest BCUT2D eigenvalue weighted by atomic mass is 9.96. The molecule has 1 aromatic heterocycles. The van der Waals surface area contributed by atoms with Crippen LogP contribution in [0.1, 0.15) is 24.2 Å². The molecule has 3 rings (SSSR count). The molecule has 0 aliphatic heterocycles. The minimum Gasteiger partial charge on any atom is -0.458 e. The predicted molar refractivity (Wildman–Crippen MR) is 52.8 cm³/mol. The van der Waals surface area contributed by atoms with Gasteiger partial charge in [0.25, 0.3) is 0 Å². The summed E-state index contributed by atoms with van der Waals surface area (Å²) in [5, 5.41) is 0.972. The van der Waals surface area contributed by atoms with Crippen molar-refractivity contribution < 1.29 is 8.81 Å². The van der Waals surface area contributed by atoms with Gasteiger partial charge in [-0.05, 0) is 25.3 Å². The predicted octanol–water partition coefficient (Wildman–Crippen LogP) is 3.45. The van der Waals surface area contributed by atoms with Crippen LogP contribution in [0, 0.1) is 5.82 Å². The molecule has 0 radical (unpaired) electrons. The van der Waals surface area contributed by atoms with Gasteiger partial charge in [-0.15, -0.1) is 0 Å². The smallest absolute Gasteiger partial charge is 0.170 e. The Labute approximate surface area is 81.5 Å². The van der Waals surface area contributed by atoms with Crippen LogP contribution < -0.4 is 0 Å². The summed E-state index contributed by atoms with van der Waals surface area (Å²) in [6.45, 7) is 0. The van der Waals surface area contributed by atoms with E-state index in [9.17, 15) is 4.39 Å². The summed E-state index contributed by atoms with van der Waals surface area (Å²) >= 11 is 0. The van der Waals surface area contributed by atoms with Crippen molar-refractivity contribution in [3.05, 3.63) is 35.3 Å². The van der Waals surface area contributed by atoms with Crippen LogP contribution in [0.2, 0.25) is 0 Å². The first-order chi connectivity index (χ1) is 6.86. The highest BCUT2D eigenvalue weighted by Crippen LogP contribution is 2.32. The average molecular weight is 190 g/mol. The van der Waals surface area contributed by atoms with Gasteiger partial charge in [0.15, 0.2) is 11.4 Å². The summed E-state index contributed by atoms with van der Waals surface area (Å²) < 4.78 is 18.9. The van der Waals surface area contributed by atoms with E-state index in [1.807, 2.05) is 6.07 Å². The van der Waals surface area contributed by atoms with Crippen LogP contribution in [-0.4, -0.2) is 0 Å². The third-order valence-electron chi connectivity index (χ3n) is 2.93. The van der Waals surface area contributed by atoms with E-state index in [2.05, 4.69) is 0 Å². The third-order valence-corrected chi connectivity index (χ3v) is 2.93. The summed E-state index contributed by atoms with van der Waals surface area (Å²) in [6, 6.07) is 5.16. The quantitative estimate of drug-likeness (QED) is 0.620. The van der Waals surface area contributed by atoms with Gasteiger partial charge in [0, 0.05) is 17.4 Å². The first-order valence-electron chi connectivity index (χ1n) is 5.05. The van der Waals surface area contributed by atoms with Gasteiger partial charge in [0.2, 0.25) is 0 Å². The Morgan fingerprint density at radius 2 is 2.00 bits per heavy atom. The van der Waals surface area contributed by atoms with Crippen molar-refractivity contribution in [1.29, 1.82) is 0 Å². The summed E-state index contributed by atoms with van der Waals surface area (Å²) in [5.74, 6) is 0.758. The molecule has 1 aliphatic carbocycles. The molecule has 1 aliphatic rings. The Hall–Kier alpha value is -1.31. The number of para-hydroxylation sites is 1. The highest BCUT2D eigenvalue weighted by Gasteiger charge is 2.18. The molecule has 1 nitrogen and oxygen atoms in total. The molecule has 2 heteroatoms. The van der Waals surface area contributed by atoms with E-state index in [-0.39, 0.29) is 5.82 Å². The van der Waals surface area contributed by atoms with Gasteiger partial charge in [0.1, 0.15) is 5.76 Å². The van der Waals surface area contributed by atoms with Crippen LogP contribution >= 0.6 is 0 Å². The molecule has 0 amide bonds. The van der Waals surface area contributed by atoms with E-state index in [1.54, 1.807) is 6.07 Å². The number of furan rings is 1. The summed E-state index contributed by atoms with van der Waals surface area (Å²) in [7, 11) is 0. The van der Waals surface area contributed by atoms with E-state index < -0.39 is 0 Å². The highest BCUT2D eigenvalue weighted by molar-refractivity contribution is 5.83. The summed E-state index contributed by atoms with van der Waals surface area (Å²) in [4.78, 5) is 0. The number of aryl methyl sites for hydroxylation is 2. The van der Waals surface area contributed by atoms with Crippen molar-refractivity contribution in [3.63, 3.8) is 0 Å². The highest BCUT2D eigenvalue weighted by atomic mass is 19.1. The van der Waals surface area contributed by atoms with Crippen LogP contribution in [0.3, 0.4) is 0 Å². The van der Waals surface area contributed by atoms with Crippen molar-refractivity contribution in [2.45, 2.75) is 25.7 Å². The van der Waals surface area contributed by atoms with Gasteiger partial charge < -0.3 is 4.42 Å². The molecule has 72 valence electrons. The molecule has 0 unspecified atom stereocenters. The van der Waals surface area contributed by atoms with Crippen LogP contribution in [0.4, 0.5) is 4.39 Å². The average Bonchev–Trinajstić information content (AvgIpc) is 2.59. The fraction of sp³-hybridized carbons (Fsp3) is 0.333. The minimum absolute atomic E-state index is 0.239. The zero-order chi connectivity index (χ0) is 9.54. The van der Waals surface area contributed by atoms with Crippen molar-refractivity contribution in [1.82, 2.24) is 0 Å². The molecule has 2 aromatic rings. The van der Waals surface area contributed by atoms with Crippen molar-refractivity contribution in [2.75, 3.05) is 0 Å². The maximum absolute atomic E-state index is 13.4. The van der Waals surface area contributed by atoms with Crippen molar-refractivity contribution in [3.8, 4) is 0 Å². The molecule has 0 spiro atoms. The maximum Gasteiger partial charge on any atom is 0.170 e. The fourth-order valence-electron chi connectivity index (χ4n) is 2.25. The monoisotopic (exact) mass is 190 g/mol. The largest absolute Gasteiger partial charge is 0.458 e. The van der Waals surface area contributed by atoms with Crippen LogP contribution in [0.5, 0.6) is 0 Å². The Bertz CT molecular complexity index is 484. The molecule has 0 saturated heterocycles. The second kappa shape index (κ2) is 2.84. The SMILES string of the molecule is Fc1cccc2c3c(oc12)CCCC3. The van der Waals surface area contributed by atoms with Gasteiger partial charge in [-0.3, -0.25) is 0 Å². The molecule has 0 N–H and O–H groups in total. The molecule has 0 saturated carbocycles. The van der Waals surface area contributed by atoms with Crippen LogP contribution in [-0.2, 0) is 12.8 Å². The van der Waals surface area contributed by atoms with E-state index in [0.29, 0.717) is 5.58 Å². The fourth-order valence-corrected chi connectivity index (χ4v) is 2.25. The standard InChI is InChI=1S/C12H11FO/c13-10-6-3-5-9-8-4-1-2-7-11(8)14-12(9)10/h3,5-6H,1-2,4,7H2. The number of hydrogen-bond acceptors (Lipinski definition) is 1. The van der Waals surface area contributed by atoms with E-state index >= 15 is 0 Å². The van der Waals surface area contributed by atoms with Gasteiger partial charge in [-0.2, -0.15) is 0 Å². The third kappa shape index (κ3) is 0.999. The Balaban J connectivity index is 2.36. The zero-order valence-electron chi connectivity index (χ0n) is 7.85. The normalized spacial score (nSPS) is 15.8. The van der Waals surface area contributed by atoms with Gasteiger partial charge in [0.05, 0.1) is 0 Å². The molecule has 0 fully saturated rings. The lowest BCUT2D eigenvalue weighted by Crippen LogP contribution is -1.98. The first-order valence-corrected chi connectivity index (χ1v) is 5.05. The number of halogens is 1. The second-order valence-electron chi connectivity index (χ2n) is 3.83. The molecule has 1 heterocycles. The van der Waals surface area contributed by atoms with E-state index in [1.165, 1.54) is 18.1 Å². The Kier molecular flexibility index (Phi) is 1.63. The molecule has 14 heavy (non-hydrogen) atoms. The van der Waals surface area contributed by atoms with Gasteiger partial charge >= 0.3 is 0 Å². The summed E-state index contributed by atoms with van der Waals surface area (Å²) in [5.41, 5.74) is 1.67. The van der Waals surface area contributed by atoms with Gasteiger partial charge in [-0.1, -0.05) is 12.1 Å². The maximum atomic E-state index is 13.4. The van der Waals surface area contributed by atoms with E-state index in [4.69, 9.17) is 4.42 Å². The minimum atomic E-state index is -0.239. The second-order valence-corrected chi connectivity index (χ2v) is 3.83. The topological polar surface area (TPSA) is 13.1 Å². The molecular weight excluding hydrogens is 179 g/mol. The summed E-state index contributed by atoms with van der Waals surface area (Å²) in [6.07, 6.45) is 4.35.